The first kappa shape index (κ1) is 78.6. The summed E-state index contributed by atoms with van der Waals surface area (Å²) in [6.45, 7) is 6.71. The Hall–Kier alpha value is -2.37. The van der Waals surface area contributed by atoms with Crippen LogP contribution in [0.25, 0.3) is 0 Å². The lowest BCUT2D eigenvalue weighted by Crippen LogP contribution is -2.30. The van der Waals surface area contributed by atoms with Crippen molar-refractivity contribution < 1.29 is 28.6 Å². The smallest absolute Gasteiger partial charge is 0.306 e. The third-order valence-electron chi connectivity index (χ3n) is 16.6. The van der Waals surface area contributed by atoms with Crippen LogP contribution in [0.15, 0.2) is 36.5 Å². The zero-order chi connectivity index (χ0) is 58.5. The Morgan fingerprint density at radius 3 is 0.691 bits per heavy atom. The van der Waals surface area contributed by atoms with Crippen molar-refractivity contribution in [3.63, 3.8) is 0 Å². The van der Waals surface area contributed by atoms with Crippen LogP contribution in [0.4, 0.5) is 0 Å². The molecule has 0 radical (unpaired) electrons. The second-order valence-electron chi connectivity index (χ2n) is 24.9. The van der Waals surface area contributed by atoms with Gasteiger partial charge in [0.2, 0.25) is 0 Å². The van der Waals surface area contributed by atoms with E-state index in [4.69, 9.17) is 14.2 Å². The van der Waals surface area contributed by atoms with Gasteiger partial charge in [0.25, 0.3) is 0 Å². The topological polar surface area (TPSA) is 78.9 Å². The molecule has 0 aliphatic rings. The van der Waals surface area contributed by atoms with E-state index in [0.717, 1.165) is 77.0 Å². The Balaban J connectivity index is 4.30. The summed E-state index contributed by atoms with van der Waals surface area (Å²) in [5, 5.41) is 0. The van der Waals surface area contributed by atoms with Crippen LogP contribution >= 0.6 is 0 Å². The van der Waals surface area contributed by atoms with Gasteiger partial charge in [-0.2, -0.15) is 0 Å². The van der Waals surface area contributed by atoms with Crippen molar-refractivity contribution in [2.75, 3.05) is 13.2 Å². The lowest BCUT2D eigenvalue weighted by atomic mass is 10.0. The highest BCUT2D eigenvalue weighted by Gasteiger charge is 2.19. The molecule has 0 amide bonds. The number of allylic oxidation sites excluding steroid dienone is 6. The Morgan fingerprint density at radius 1 is 0.247 bits per heavy atom. The number of rotatable bonds is 68. The second-order valence-corrected chi connectivity index (χ2v) is 24.9. The van der Waals surface area contributed by atoms with E-state index in [1.165, 1.54) is 289 Å². The summed E-state index contributed by atoms with van der Waals surface area (Å²) in [6.07, 6.45) is 87.5. The molecular weight excluding hydrogens is 997 g/mol. The fraction of sp³-hybridized carbons (Fsp3) is 0.880. The first-order valence-corrected chi connectivity index (χ1v) is 36.5. The van der Waals surface area contributed by atoms with Crippen LogP contribution in [-0.4, -0.2) is 37.2 Å². The summed E-state index contributed by atoms with van der Waals surface area (Å²) in [6, 6.07) is 0. The number of carbonyl (C=O) groups excluding carboxylic acids is 3. The molecule has 0 aromatic heterocycles. The molecule has 6 heteroatoms. The predicted molar refractivity (Wildman–Crippen MR) is 353 cm³/mol. The lowest BCUT2D eigenvalue weighted by Gasteiger charge is -2.18. The predicted octanol–water partition coefficient (Wildman–Crippen LogP) is 25.1. The van der Waals surface area contributed by atoms with Gasteiger partial charge in [0.05, 0.1) is 0 Å². The Kier molecular flexibility index (Phi) is 68.1. The van der Waals surface area contributed by atoms with Crippen LogP contribution in [0.5, 0.6) is 0 Å². The van der Waals surface area contributed by atoms with Gasteiger partial charge in [0.1, 0.15) is 13.2 Å². The third-order valence-corrected chi connectivity index (χ3v) is 16.6. The van der Waals surface area contributed by atoms with E-state index in [-0.39, 0.29) is 31.1 Å². The van der Waals surface area contributed by atoms with E-state index >= 15 is 0 Å². The third kappa shape index (κ3) is 68.3. The monoisotopic (exact) mass is 1140 g/mol. The van der Waals surface area contributed by atoms with Crippen molar-refractivity contribution in [3.8, 4) is 0 Å². The Bertz CT molecular complexity index is 1350. The molecule has 0 saturated heterocycles. The molecule has 0 aliphatic carbocycles. The summed E-state index contributed by atoms with van der Waals surface area (Å²) in [7, 11) is 0. The van der Waals surface area contributed by atoms with Gasteiger partial charge in [0.15, 0.2) is 6.10 Å². The minimum Gasteiger partial charge on any atom is -0.462 e. The molecule has 0 aromatic rings. The summed E-state index contributed by atoms with van der Waals surface area (Å²) in [5.41, 5.74) is 0. The van der Waals surface area contributed by atoms with Crippen LogP contribution in [-0.2, 0) is 28.6 Å². The molecule has 1 unspecified atom stereocenters. The SMILES string of the molecule is CCCCCCC/C=C\C/C=C\C/C=C\CCCCCCCCC(=O)OC(COC(=O)CCCCCCCCCCCCCCCCCCC)COC(=O)CCCCCCCCCCCCCCCCCCCCCCCCCCC. The van der Waals surface area contributed by atoms with Crippen LogP contribution in [0.1, 0.15) is 406 Å². The molecule has 81 heavy (non-hydrogen) atoms. The number of ether oxygens (including phenoxy) is 3. The summed E-state index contributed by atoms with van der Waals surface area (Å²) < 4.78 is 17.0. The first-order chi connectivity index (χ1) is 40.0. The average molecular weight is 1140 g/mol. The number of esters is 3. The molecule has 6 nitrogen and oxygen atoms in total. The number of unbranched alkanes of at least 4 members (excludes halogenated alkanes) is 51. The van der Waals surface area contributed by atoms with Crippen LogP contribution in [0.3, 0.4) is 0 Å². The van der Waals surface area contributed by atoms with Crippen LogP contribution in [0.2, 0.25) is 0 Å². The summed E-state index contributed by atoms with van der Waals surface area (Å²) in [5.74, 6) is -0.851. The minimum absolute atomic E-state index is 0.0716. The molecule has 0 saturated carbocycles. The van der Waals surface area contributed by atoms with Crippen LogP contribution in [0, 0.1) is 0 Å². The molecule has 1 atom stereocenters. The van der Waals surface area contributed by atoms with E-state index in [2.05, 4.69) is 57.2 Å². The highest BCUT2D eigenvalue weighted by Crippen LogP contribution is 2.19. The van der Waals surface area contributed by atoms with E-state index in [1.54, 1.807) is 0 Å². The number of hydrogen-bond acceptors (Lipinski definition) is 6. The van der Waals surface area contributed by atoms with Crippen molar-refractivity contribution in [2.45, 2.75) is 412 Å². The largest absolute Gasteiger partial charge is 0.462 e. The summed E-state index contributed by atoms with van der Waals surface area (Å²) in [4.78, 5) is 38.5. The van der Waals surface area contributed by atoms with Crippen molar-refractivity contribution in [1.29, 1.82) is 0 Å². The maximum atomic E-state index is 13.0. The van der Waals surface area contributed by atoms with Crippen molar-refractivity contribution in [1.82, 2.24) is 0 Å². The highest BCUT2D eigenvalue weighted by atomic mass is 16.6. The van der Waals surface area contributed by atoms with Gasteiger partial charge in [-0.05, 0) is 57.8 Å². The van der Waals surface area contributed by atoms with Crippen LogP contribution < -0.4 is 0 Å². The molecule has 0 rings (SSSR count). The molecule has 0 fully saturated rings. The standard InChI is InChI=1S/C75H140O6/c1-4-7-10-13-16-19-22-25-28-31-33-35-36-37-38-40-41-44-47-50-53-56-59-62-65-68-74(77)80-71-72(70-79-73(76)67-64-61-58-55-52-49-46-43-30-27-24-21-18-15-12-9-6-3)81-75(78)69-66-63-60-57-54-51-48-45-42-39-34-32-29-26-23-20-17-14-11-8-5-2/h23,26,32,34,42,45,72H,4-22,24-25,27-31,33,35-41,43-44,46-71H2,1-3H3/b26-23-,34-32-,45-42-. The van der Waals surface area contributed by atoms with Crippen molar-refractivity contribution in [2.24, 2.45) is 0 Å². The fourth-order valence-electron chi connectivity index (χ4n) is 11.2. The van der Waals surface area contributed by atoms with Crippen molar-refractivity contribution >= 4 is 17.9 Å². The molecular formula is C75H140O6. The molecule has 0 aromatic carbocycles. The normalized spacial score (nSPS) is 12.2. The van der Waals surface area contributed by atoms with Gasteiger partial charge < -0.3 is 14.2 Å². The maximum Gasteiger partial charge on any atom is 0.306 e. The molecule has 0 bridgehead atoms. The zero-order valence-electron chi connectivity index (χ0n) is 54.8. The van der Waals surface area contributed by atoms with Gasteiger partial charge in [-0.15, -0.1) is 0 Å². The van der Waals surface area contributed by atoms with Gasteiger partial charge in [0, 0.05) is 19.3 Å². The average Bonchev–Trinajstić information content (AvgIpc) is 3.47. The zero-order valence-corrected chi connectivity index (χ0v) is 54.8. The quantitative estimate of drug-likeness (QED) is 0.0261. The van der Waals surface area contributed by atoms with Gasteiger partial charge >= 0.3 is 17.9 Å². The molecule has 476 valence electrons. The van der Waals surface area contributed by atoms with E-state index < -0.39 is 6.10 Å². The van der Waals surface area contributed by atoms with E-state index in [1.807, 2.05) is 0 Å². The molecule has 0 aliphatic heterocycles. The van der Waals surface area contributed by atoms with E-state index in [9.17, 15) is 14.4 Å². The molecule has 0 N–H and O–H groups in total. The first-order valence-electron chi connectivity index (χ1n) is 36.5. The fourth-order valence-corrected chi connectivity index (χ4v) is 11.2. The number of hydrogen-bond donors (Lipinski definition) is 0. The summed E-state index contributed by atoms with van der Waals surface area (Å²) >= 11 is 0. The Morgan fingerprint density at radius 2 is 0.444 bits per heavy atom. The van der Waals surface area contributed by atoms with Gasteiger partial charge in [-0.3, -0.25) is 14.4 Å². The Labute approximate surface area is 506 Å². The van der Waals surface area contributed by atoms with Crippen molar-refractivity contribution in [3.05, 3.63) is 36.5 Å². The highest BCUT2D eigenvalue weighted by molar-refractivity contribution is 5.71. The van der Waals surface area contributed by atoms with Gasteiger partial charge in [-0.1, -0.05) is 365 Å². The minimum atomic E-state index is -0.777. The maximum absolute atomic E-state index is 13.0. The second kappa shape index (κ2) is 70.1. The lowest BCUT2D eigenvalue weighted by molar-refractivity contribution is -0.167. The van der Waals surface area contributed by atoms with E-state index in [0.29, 0.717) is 19.3 Å². The molecule has 0 heterocycles. The van der Waals surface area contributed by atoms with Gasteiger partial charge in [-0.25, -0.2) is 0 Å². The number of carbonyl (C=O) groups is 3. The molecule has 0 spiro atoms.